The van der Waals surface area contributed by atoms with Crippen LogP contribution in [0.25, 0.3) is 0 Å². The van der Waals surface area contributed by atoms with Crippen LogP contribution in [0.2, 0.25) is 0 Å². The quantitative estimate of drug-likeness (QED) is 0.787. The molecule has 0 unspecified atom stereocenters. The average Bonchev–Trinajstić information content (AvgIpc) is 2.35. The Labute approximate surface area is 134 Å². The predicted molar refractivity (Wildman–Crippen MR) is 83.7 cm³/mol. The van der Waals surface area contributed by atoms with Gasteiger partial charge in [-0.3, -0.25) is 0 Å². The van der Waals surface area contributed by atoms with Crippen molar-refractivity contribution in [3.8, 4) is 0 Å². The second-order valence-electron chi connectivity index (χ2n) is 4.66. The highest BCUT2D eigenvalue weighted by Crippen LogP contribution is 2.40. The summed E-state index contributed by atoms with van der Waals surface area (Å²) in [4.78, 5) is 11.5. The first-order valence-electron chi connectivity index (χ1n) is 6.35. The van der Waals surface area contributed by atoms with Gasteiger partial charge in [0, 0.05) is 0 Å². The second kappa shape index (κ2) is 7.39. The molecule has 0 spiro atoms. The number of halogens is 3. The topological polar surface area (TPSA) is 38.3 Å². The lowest BCUT2D eigenvalue weighted by Crippen LogP contribution is -2.36. The molecule has 0 fully saturated rings. The van der Waals surface area contributed by atoms with Crippen molar-refractivity contribution in [3.05, 3.63) is 35.4 Å². The van der Waals surface area contributed by atoms with Gasteiger partial charge in [0.25, 0.3) is 0 Å². The van der Waals surface area contributed by atoms with Crippen LogP contribution in [-0.2, 0) is 4.74 Å². The Balaban J connectivity index is 2.96. The molecule has 0 radical (unpaired) electrons. The third-order valence-electron chi connectivity index (χ3n) is 2.80. The fraction of sp³-hybridized carbons (Fsp3) is 0.500. The number of hydrogen-bond acceptors (Lipinski definition) is 2. The van der Waals surface area contributed by atoms with Gasteiger partial charge in [-0.15, -0.1) is 0 Å². The van der Waals surface area contributed by atoms with E-state index in [1.54, 1.807) is 6.92 Å². The van der Waals surface area contributed by atoms with Crippen LogP contribution in [0, 0.1) is 0 Å². The van der Waals surface area contributed by atoms with E-state index in [-0.39, 0.29) is 6.61 Å². The summed E-state index contributed by atoms with van der Waals surface area (Å²) < 4.78 is 3.16. The minimum Gasteiger partial charge on any atom is -0.450 e. The Morgan fingerprint density at radius 1 is 1.20 bits per heavy atom. The van der Waals surface area contributed by atoms with Gasteiger partial charge in [0.05, 0.1) is 6.61 Å². The molecule has 0 aliphatic carbocycles. The Morgan fingerprint density at radius 3 is 2.10 bits per heavy atom. The van der Waals surface area contributed by atoms with Crippen LogP contribution in [0.15, 0.2) is 24.3 Å². The molecular weight excluding hydrogens is 321 g/mol. The lowest BCUT2D eigenvalue weighted by atomic mass is 9.99. The molecular formula is C14H18Cl3NO2. The number of benzene rings is 1. The van der Waals surface area contributed by atoms with E-state index in [2.05, 4.69) is 19.2 Å². The maximum atomic E-state index is 11.5. The Hall–Kier alpha value is -0.640. The van der Waals surface area contributed by atoms with E-state index in [1.165, 1.54) is 5.56 Å². The van der Waals surface area contributed by atoms with E-state index < -0.39 is 15.9 Å². The molecule has 1 rings (SSSR count). The second-order valence-corrected chi connectivity index (χ2v) is 7.03. The van der Waals surface area contributed by atoms with Crippen LogP contribution >= 0.6 is 34.8 Å². The minimum atomic E-state index is -1.66. The zero-order chi connectivity index (χ0) is 15.3. The number of alkyl carbamates (subject to hydrolysis) is 1. The van der Waals surface area contributed by atoms with Crippen molar-refractivity contribution in [2.24, 2.45) is 0 Å². The lowest BCUT2D eigenvalue weighted by molar-refractivity contribution is 0.148. The van der Waals surface area contributed by atoms with E-state index >= 15 is 0 Å². The monoisotopic (exact) mass is 337 g/mol. The van der Waals surface area contributed by atoms with Crippen LogP contribution in [0.3, 0.4) is 0 Å². The summed E-state index contributed by atoms with van der Waals surface area (Å²) in [5.41, 5.74) is 1.88. The van der Waals surface area contributed by atoms with Crippen molar-refractivity contribution in [3.63, 3.8) is 0 Å². The molecule has 0 aromatic heterocycles. The third kappa shape index (κ3) is 5.04. The number of ether oxygens (including phenoxy) is 1. The number of carbonyl (C=O) groups is 1. The molecule has 0 heterocycles. The van der Waals surface area contributed by atoms with E-state index in [0.29, 0.717) is 11.5 Å². The fourth-order valence-corrected chi connectivity index (χ4v) is 2.26. The van der Waals surface area contributed by atoms with Crippen LogP contribution < -0.4 is 5.32 Å². The van der Waals surface area contributed by atoms with Crippen LogP contribution in [0.1, 0.15) is 43.9 Å². The van der Waals surface area contributed by atoms with E-state index in [4.69, 9.17) is 39.5 Å². The highest BCUT2D eigenvalue weighted by atomic mass is 35.6. The van der Waals surface area contributed by atoms with E-state index in [1.807, 2.05) is 24.3 Å². The molecule has 0 bridgehead atoms. The zero-order valence-corrected chi connectivity index (χ0v) is 13.9. The maximum absolute atomic E-state index is 11.5. The van der Waals surface area contributed by atoms with Gasteiger partial charge in [-0.2, -0.15) is 0 Å². The first-order valence-corrected chi connectivity index (χ1v) is 7.49. The van der Waals surface area contributed by atoms with Gasteiger partial charge in [-0.05, 0) is 24.0 Å². The average molecular weight is 339 g/mol. The first-order chi connectivity index (χ1) is 9.25. The smallest absolute Gasteiger partial charge is 0.407 e. The number of amides is 1. The molecule has 1 N–H and O–H groups in total. The van der Waals surface area contributed by atoms with Crippen LogP contribution in [0.4, 0.5) is 4.79 Å². The summed E-state index contributed by atoms with van der Waals surface area (Å²) >= 11 is 17.8. The third-order valence-corrected chi connectivity index (χ3v) is 3.46. The Bertz CT molecular complexity index is 441. The normalized spacial score (nSPS) is 13.2. The molecule has 20 heavy (non-hydrogen) atoms. The van der Waals surface area contributed by atoms with Gasteiger partial charge in [0.15, 0.2) is 0 Å². The molecule has 112 valence electrons. The van der Waals surface area contributed by atoms with Gasteiger partial charge < -0.3 is 10.1 Å². The first kappa shape index (κ1) is 17.4. The number of rotatable bonds is 4. The summed E-state index contributed by atoms with van der Waals surface area (Å²) in [6.45, 7) is 6.16. The minimum absolute atomic E-state index is 0.255. The lowest BCUT2D eigenvalue weighted by Gasteiger charge is -2.25. The van der Waals surface area contributed by atoms with Crippen molar-refractivity contribution in [1.82, 2.24) is 5.32 Å². The van der Waals surface area contributed by atoms with E-state index in [0.717, 1.165) is 0 Å². The molecule has 3 nitrogen and oxygen atoms in total. The molecule has 0 saturated carbocycles. The molecule has 1 aromatic carbocycles. The fourth-order valence-electron chi connectivity index (χ4n) is 1.72. The summed E-state index contributed by atoms with van der Waals surface area (Å²) in [5, 5.41) is 2.57. The van der Waals surface area contributed by atoms with Gasteiger partial charge in [0.1, 0.15) is 6.04 Å². The highest BCUT2D eigenvalue weighted by Gasteiger charge is 2.35. The van der Waals surface area contributed by atoms with Crippen LogP contribution in [-0.4, -0.2) is 16.5 Å². The number of nitrogens with one attached hydrogen (secondary N) is 1. The van der Waals surface area contributed by atoms with Crippen molar-refractivity contribution >= 4 is 40.9 Å². The maximum Gasteiger partial charge on any atom is 0.407 e. The number of hydrogen-bond donors (Lipinski definition) is 1. The van der Waals surface area contributed by atoms with Crippen molar-refractivity contribution in [2.75, 3.05) is 6.61 Å². The molecule has 0 aliphatic rings. The number of carbonyl (C=O) groups excluding carboxylic acids is 1. The molecule has 1 aromatic rings. The summed E-state index contributed by atoms with van der Waals surface area (Å²) in [6, 6.07) is 6.82. The molecule has 0 aliphatic heterocycles. The largest absolute Gasteiger partial charge is 0.450 e. The molecule has 1 atom stereocenters. The van der Waals surface area contributed by atoms with Crippen LogP contribution in [0.5, 0.6) is 0 Å². The van der Waals surface area contributed by atoms with Gasteiger partial charge >= 0.3 is 6.09 Å². The predicted octanol–water partition coefficient (Wildman–Crippen LogP) is 4.97. The van der Waals surface area contributed by atoms with Gasteiger partial charge in [0.2, 0.25) is 3.79 Å². The Morgan fingerprint density at radius 2 is 1.70 bits per heavy atom. The molecule has 0 saturated heterocycles. The van der Waals surface area contributed by atoms with Crippen molar-refractivity contribution in [2.45, 2.75) is 36.5 Å². The summed E-state index contributed by atoms with van der Waals surface area (Å²) in [6.07, 6.45) is -0.614. The molecule has 1 amide bonds. The molecule has 6 heteroatoms. The SMILES string of the molecule is CCOC(=O)N[C@H](c1ccc(C(C)C)cc1)C(Cl)(Cl)Cl. The number of alkyl halides is 3. The Kier molecular flexibility index (Phi) is 6.44. The standard InChI is InChI=1S/C14H18Cl3NO2/c1-4-20-13(19)18-12(14(15,16)17)11-7-5-10(6-8-11)9(2)3/h5-9,12H,4H2,1-3H3,(H,18,19)/t12-/m1/s1. The van der Waals surface area contributed by atoms with Crippen molar-refractivity contribution < 1.29 is 9.53 Å². The highest BCUT2D eigenvalue weighted by molar-refractivity contribution is 6.68. The summed E-state index contributed by atoms with van der Waals surface area (Å²) in [7, 11) is 0. The van der Waals surface area contributed by atoms with E-state index in [9.17, 15) is 4.79 Å². The van der Waals surface area contributed by atoms with Crippen molar-refractivity contribution in [1.29, 1.82) is 0 Å². The zero-order valence-electron chi connectivity index (χ0n) is 11.6. The summed E-state index contributed by atoms with van der Waals surface area (Å²) in [5.74, 6) is 0.410. The van der Waals surface area contributed by atoms with Gasteiger partial charge in [-0.25, -0.2) is 4.79 Å². The van der Waals surface area contributed by atoms with Gasteiger partial charge in [-0.1, -0.05) is 72.9 Å².